The van der Waals surface area contributed by atoms with Gasteiger partial charge in [-0.3, -0.25) is 4.68 Å². The van der Waals surface area contributed by atoms with Gasteiger partial charge in [0.15, 0.2) is 5.75 Å². The minimum atomic E-state index is 0.342. The Labute approximate surface area is 85.8 Å². The molecule has 1 rings (SSSR count). The average molecular weight is 196 g/mol. The molecule has 0 unspecified atom stereocenters. The third-order valence-electron chi connectivity index (χ3n) is 2.25. The number of aromatic nitrogens is 2. The van der Waals surface area contributed by atoms with Gasteiger partial charge in [0, 0.05) is 6.54 Å². The third-order valence-corrected chi connectivity index (χ3v) is 2.25. The van der Waals surface area contributed by atoms with Crippen molar-refractivity contribution in [3.63, 3.8) is 0 Å². The lowest BCUT2D eigenvalue weighted by molar-refractivity contribution is 0.450. The van der Waals surface area contributed by atoms with Gasteiger partial charge in [-0.25, -0.2) is 0 Å². The van der Waals surface area contributed by atoms with Crippen LogP contribution in [0.3, 0.4) is 0 Å². The van der Waals surface area contributed by atoms with E-state index in [1.807, 2.05) is 4.68 Å². The maximum absolute atomic E-state index is 9.60. The van der Waals surface area contributed by atoms with Crippen molar-refractivity contribution >= 4 is 0 Å². The van der Waals surface area contributed by atoms with E-state index in [1.54, 1.807) is 6.20 Å². The molecule has 1 aromatic heterocycles. The molecular formula is C11H20N2O. The fraction of sp³-hybridized carbons (Fsp3) is 0.727. The minimum Gasteiger partial charge on any atom is -0.504 e. The Morgan fingerprint density at radius 2 is 2.21 bits per heavy atom. The quantitative estimate of drug-likeness (QED) is 0.786. The Morgan fingerprint density at radius 1 is 1.50 bits per heavy atom. The van der Waals surface area contributed by atoms with Crippen LogP contribution in [-0.4, -0.2) is 14.9 Å². The van der Waals surface area contributed by atoms with Crippen LogP contribution in [0.1, 0.15) is 39.3 Å². The van der Waals surface area contributed by atoms with E-state index >= 15 is 0 Å². The van der Waals surface area contributed by atoms with Gasteiger partial charge in [0.1, 0.15) is 0 Å². The Morgan fingerprint density at radius 3 is 2.79 bits per heavy atom. The van der Waals surface area contributed by atoms with Gasteiger partial charge >= 0.3 is 0 Å². The predicted octanol–water partition coefficient (Wildman–Crippen LogP) is 2.59. The first-order chi connectivity index (χ1) is 6.65. The van der Waals surface area contributed by atoms with Crippen molar-refractivity contribution in [2.75, 3.05) is 0 Å². The van der Waals surface area contributed by atoms with E-state index in [1.165, 1.54) is 0 Å². The summed E-state index contributed by atoms with van der Waals surface area (Å²) in [5, 5.41) is 13.8. The number of hydrogen-bond donors (Lipinski definition) is 1. The first-order valence-electron chi connectivity index (χ1n) is 5.38. The summed E-state index contributed by atoms with van der Waals surface area (Å²) in [6.07, 6.45) is 4.72. The largest absolute Gasteiger partial charge is 0.504 e. The van der Waals surface area contributed by atoms with E-state index in [4.69, 9.17) is 0 Å². The molecule has 1 aromatic rings. The van der Waals surface area contributed by atoms with Crippen LogP contribution < -0.4 is 0 Å². The Kier molecular flexibility index (Phi) is 3.98. The first-order valence-corrected chi connectivity index (χ1v) is 5.38. The predicted molar refractivity (Wildman–Crippen MR) is 57.3 cm³/mol. The van der Waals surface area contributed by atoms with E-state index < -0.39 is 0 Å². The molecule has 0 saturated carbocycles. The highest BCUT2D eigenvalue weighted by molar-refractivity contribution is 5.23. The Hall–Kier alpha value is -0.990. The number of rotatable bonds is 5. The maximum atomic E-state index is 9.60. The number of nitrogens with zero attached hydrogens (tertiary/aromatic N) is 2. The molecule has 0 atom stereocenters. The fourth-order valence-corrected chi connectivity index (χ4v) is 1.50. The van der Waals surface area contributed by atoms with Crippen molar-refractivity contribution in [3.8, 4) is 5.75 Å². The highest BCUT2D eigenvalue weighted by Crippen LogP contribution is 2.19. The average Bonchev–Trinajstić information content (AvgIpc) is 2.45. The SMILES string of the molecule is CCCCn1ncc(O)c1CC(C)C. The fourth-order valence-electron chi connectivity index (χ4n) is 1.50. The van der Waals surface area contributed by atoms with E-state index in [2.05, 4.69) is 25.9 Å². The number of aromatic hydroxyl groups is 1. The summed E-state index contributed by atoms with van der Waals surface area (Å²) in [5.41, 5.74) is 0.980. The smallest absolute Gasteiger partial charge is 0.156 e. The summed E-state index contributed by atoms with van der Waals surface area (Å²) in [6, 6.07) is 0. The zero-order valence-corrected chi connectivity index (χ0v) is 9.32. The lowest BCUT2D eigenvalue weighted by atomic mass is 10.1. The Balaban J connectivity index is 2.72. The van der Waals surface area contributed by atoms with E-state index in [0.29, 0.717) is 11.7 Å². The van der Waals surface area contributed by atoms with Crippen molar-refractivity contribution in [3.05, 3.63) is 11.9 Å². The van der Waals surface area contributed by atoms with E-state index in [-0.39, 0.29) is 0 Å². The highest BCUT2D eigenvalue weighted by Gasteiger charge is 2.10. The zero-order valence-electron chi connectivity index (χ0n) is 9.32. The molecule has 80 valence electrons. The third kappa shape index (κ3) is 2.76. The summed E-state index contributed by atoms with van der Waals surface area (Å²) >= 11 is 0. The van der Waals surface area contributed by atoms with Gasteiger partial charge < -0.3 is 5.11 Å². The molecule has 0 spiro atoms. The van der Waals surface area contributed by atoms with Crippen LogP contribution >= 0.6 is 0 Å². The zero-order chi connectivity index (χ0) is 10.6. The maximum Gasteiger partial charge on any atom is 0.156 e. The molecular weight excluding hydrogens is 176 g/mol. The van der Waals surface area contributed by atoms with Crippen LogP contribution in [0.2, 0.25) is 0 Å². The van der Waals surface area contributed by atoms with Gasteiger partial charge in [0.25, 0.3) is 0 Å². The molecule has 0 aromatic carbocycles. The molecule has 0 aliphatic carbocycles. The number of aryl methyl sites for hydroxylation is 1. The topological polar surface area (TPSA) is 38.0 Å². The van der Waals surface area contributed by atoms with Gasteiger partial charge in [-0.1, -0.05) is 27.2 Å². The molecule has 0 amide bonds. The standard InChI is InChI=1S/C11H20N2O/c1-4-5-6-13-10(7-9(2)3)11(14)8-12-13/h8-9,14H,4-7H2,1-3H3. The van der Waals surface area contributed by atoms with Crippen molar-refractivity contribution < 1.29 is 5.11 Å². The van der Waals surface area contributed by atoms with Crippen LogP contribution in [0.4, 0.5) is 0 Å². The molecule has 0 fully saturated rings. The second-order valence-corrected chi connectivity index (χ2v) is 4.15. The first kappa shape index (κ1) is 11.1. The van der Waals surface area contributed by atoms with Crippen LogP contribution in [0.15, 0.2) is 6.20 Å². The summed E-state index contributed by atoms with van der Waals surface area (Å²) in [4.78, 5) is 0. The molecule has 3 heteroatoms. The molecule has 0 bridgehead atoms. The van der Waals surface area contributed by atoms with Gasteiger partial charge in [-0.05, 0) is 18.8 Å². The molecule has 1 N–H and O–H groups in total. The van der Waals surface area contributed by atoms with Gasteiger partial charge in [-0.2, -0.15) is 5.10 Å². The second kappa shape index (κ2) is 5.03. The Bertz CT molecular complexity index is 279. The highest BCUT2D eigenvalue weighted by atomic mass is 16.3. The van der Waals surface area contributed by atoms with E-state index in [0.717, 1.165) is 31.5 Å². The number of hydrogen-bond acceptors (Lipinski definition) is 2. The molecule has 0 aliphatic heterocycles. The molecule has 0 aliphatic rings. The van der Waals surface area contributed by atoms with Gasteiger partial charge in [0.2, 0.25) is 0 Å². The summed E-state index contributed by atoms with van der Waals surface area (Å²) in [7, 11) is 0. The van der Waals surface area contributed by atoms with Crippen molar-refractivity contribution in [2.45, 2.75) is 46.6 Å². The normalized spacial score (nSPS) is 11.1. The number of unbranched alkanes of at least 4 members (excludes halogenated alkanes) is 1. The summed E-state index contributed by atoms with van der Waals surface area (Å²) in [6.45, 7) is 7.37. The van der Waals surface area contributed by atoms with Gasteiger partial charge in [0.05, 0.1) is 11.9 Å². The monoisotopic (exact) mass is 196 g/mol. The summed E-state index contributed by atoms with van der Waals surface area (Å²) in [5.74, 6) is 0.896. The minimum absolute atomic E-state index is 0.342. The molecule has 3 nitrogen and oxygen atoms in total. The van der Waals surface area contributed by atoms with Crippen LogP contribution in [-0.2, 0) is 13.0 Å². The molecule has 0 radical (unpaired) electrons. The molecule has 0 saturated heterocycles. The lowest BCUT2D eigenvalue weighted by Crippen LogP contribution is -2.07. The molecule has 14 heavy (non-hydrogen) atoms. The van der Waals surface area contributed by atoms with Crippen molar-refractivity contribution in [1.82, 2.24) is 9.78 Å². The summed E-state index contributed by atoms with van der Waals surface area (Å²) < 4.78 is 1.93. The second-order valence-electron chi connectivity index (χ2n) is 4.15. The van der Waals surface area contributed by atoms with E-state index in [9.17, 15) is 5.11 Å². The molecule has 1 heterocycles. The van der Waals surface area contributed by atoms with Gasteiger partial charge in [-0.15, -0.1) is 0 Å². The van der Waals surface area contributed by atoms with Crippen LogP contribution in [0.5, 0.6) is 5.75 Å². The van der Waals surface area contributed by atoms with Crippen molar-refractivity contribution in [2.24, 2.45) is 5.92 Å². The van der Waals surface area contributed by atoms with Crippen LogP contribution in [0.25, 0.3) is 0 Å². The lowest BCUT2D eigenvalue weighted by Gasteiger charge is -2.09. The van der Waals surface area contributed by atoms with Crippen LogP contribution in [0, 0.1) is 5.92 Å². The van der Waals surface area contributed by atoms with Crippen molar-refractivity contribution in [1.29, 1.82) is 0 Å².